The molecule has 1 aliphatic heterocycles. The molecule has 1 aromatic heterocycles. The monoisotopic (exact) mass is 260 g/mol. The van der Waals surface area contributed by atoms with E-state index >= 15 is 0 Å². The van der Waals surface area contributed by atoms with Crippen LogP contribution in [0.15, 0.2) is 22.7 Å². The van der Waals surface area contributed by atoms with Gasteiger partial charge in [0.05, 0.1) is 6.61 Å². The number of fused-ring (bicyclic) bond motifs is 1. The zero-order chi connectivity index (χ0) is 13.2. The molecule has 2 heterocycles. The summed E-state index contributed by atoms with van der Waals surface area (Å²) in [5, 5.41) is 3.96. The normalized spacial score (nSPS) is 15.1. The Morgan fingerprint density at radius 1 is 1.42 bits per heavy atom. The molecule has 0 N–H and O–H groups in total. The fourth-order valence-electron chi connectivity index (χ4n) is 2.16. The van der Waals surface area contributed by atoms with Crippen molar-refractivity contribution in [3.63, 3.8) is 0 Å². The first-order valence-electron chi connectivity index (χ1n) is 6.49. The highest BCUT2D eigenvalue weighted by molar-refractivity contribution is 5.58. The van der Waals surface area contributed by atoms with E-state index in [0.29, 0.717) is 18.3 Å². The van der Waals surface area contributed by atoms with Crippen molar-refractivity contribution in [1.29, 1.82) is 0 Å². The van der Waals surface area contributed by atoms with Crippen LogP contribution in [0.2, 0.25) is 0 Å². The fourth-order valence-corrected chi connectivity index (χ4v) is 2.16. The van der Waals surface area contributed by atoms with Gasteiger partial charge >= 0.3 is 0 Å². The van der Waals surface area contributed by atoms with Crippen molar-refractivity contribution in [2.75, 3.05) is 13.2 Å². The molecule has 0 saturated heterocycles. The maximum atomic E-state index is 5.48. The number of hydrogen-bond donors (Lipinski definition) is 0. The van der Waals surface area contributed by atoms with Gasteiger partial charge in [-0.15, -0.1) is 0 Å². The summed E-state index contributed by atoms with van der Waals surface area (Å²) in [6.07, 6.45) is 0.778. The Labute approximate surface area is 111 Å². The molecule has 0 saturated carbocycles. The predicted molar refractivity (Wildman–Crippen MR) is 69.0 cm³/mol. The summed E-state index contributed by atoms with van der Waals surface area (Å²) in [6, 6.07) is 5.94. The van der Waals surface area contributed by atoms with Crippen molar-refractivity contribution in [1.82, 2.24) is 10.1 Å². The molecule has 100 valence electrons. The minimum atomic E-state index is -0.153. The number of aromatic nitrogens is 2. The summed E-state index contributed by atoms with van der Waals surface area (Å²) in [6.45, 7) is 5.23. The lowest BCUT2D eigenvalue weighted by atomic mass is 10.1. The lowest BCUT2D eigenvalue weighted by Crippen LogP contribution is -2.01. The van der Waals surface area contributed by atoms with Gasteiger partial charge in [0.25, 0.3) is 5.89 Å². The molecule has 0 radical (unpaired) electrons. The number of benzene rings is 1. The van der Waals surface area contributed by atoms with Crippen molar-refractivity contribution >= 4 is 0 Å². The van der Waals surface area contributed by atoms with Crippen molar-refractivity contribution < 1.29 is 14.0 Å². The van der Waals surface area contributed by atoms with Crippen LogP contribution in [0.25, 0.3) is 11.5 Å². The first-order valence-corrected chi connectivity index (χ1v) is 6.49. The van der Waals surface area contributed by atoms with Gasteiger partial charge in [0.15, 0.2) is 0 Å². The van der Waals surface area contributed by atoms with Crippen LogP contribution in [0.4, 0.5) is 0 Å². The summed E-state index contributed by atoms with van der Waals surface area (Å²) in [5.41, 5.74) is 2.11. The highest BCUT2D eigenvalue weighted by Crippen LogP contribution is 2.30. The summed E-state index contributed by atoms with van der Waals surface area (Å²) in [4.78, 5) is 4.38. The van der Waals surface area contributed by atoms with E-state index in [9.17, 15) is 0 Å². The average molecular weight is 260 g/mol. The third-order valence-electron chi connectivity index (χ3n) is 3.16. The van der Waals surface area contributed by atoms with E-state index in [2.05, 4.69) is 10.1 Å². The molecule has 2 aromatic rings. The predicted octanol–water partition coefficient (Wildman–Crippen LogP) is 2.77. The van der Waals surface area contributed by atoms with Crippen LogP contribution in [-0.2, 0) is 11.2 Å². The van der Waals surface area contributed by atoms with Gasteiger partial charge < -0.3 is 14.0 Å². The Bertz CT molecular complexity index is 580. The van der Waals surface area contributed by atoms with E-state index in [4.69, 9.17) is 14.0 Å². The van der Waals surface area contributed by atoms with Crippen LogP contribution in [0.5, 0.6) is 5.75 Å². The summed E-state index contributed by atoms with van der Waals surface area (Å²) in [5.74, 6) is 2.05. The number of hydrogen-bond acceptors (Lipinski definition) is 5. The topological polar surface area (TPSA) is 57.4 Å². The standard InChI is InChI=1S/C14H16N2O3/c1-3-17-9(2)13-15-14(19-16-13)11-4-5-12-10(8-11)6-7-18-12/h4-5,8-9H,3,6-7H2,1-2H3/t9-/m0/s1. The van der Waals surface area contributed by atoms with Gasteiger partial charge in [-0.2, -0.15) is 4.98 Å². The van der Waals surface area contributed by atoms with Gasteiger partial charge in [-0.1, -0.05) is 5.16 Å². The largest absolute Gasteiger partial charge is 0.493 e. The van der Waals surface area contributed by atoms with Crippen molar-refractivity contribution in [2.45, 2.75) is 26.4 Å². The molecule has 5 heteroatoms. The van der Waals surface area contributed by atoms with Gasteiger partial charge in [-0.3, -0.25) is 0 Å². The van der Waals surface area contributed by atoms with Gasteiger partial charge in [0.1, 0.15) is 11.9 Å². The Morgan fingerprint density at radius 3 is 3.16 bits per heavy atom. The van der Waals surface area contributed by atoms with Crippen molar-refractivity contribution in [2.24, 2.45) is 0 Å². The molecular weight excluding hydrogens is 244 g/mol. The number of nitrogens with zero attached hydrogens (tertiary/aromatic N) is 2. The third kappa shape index (κ3) is 2.33. The van der Waals surface area contributed by atoms with Crippen molar-refractivity contribution in [3.05, 3.63) is 29.6 Å². The van der Waals surface area contributed by atoms with Gasteiger partial charge in [-0.25, -0.2) is 0 Å². The van der Waals surface area contributed by atoms with Crippen LogP contribution in [0, 0.1) is 0 Å². The summed E-state index contributed by atoms with van der Waals surface area (Å²) in [7, 11) is 0. The second-order valence-corrected chi connectivity index (χ2v) is 4.48. The molecule has 3 rings (SSSR count). The molecule has 0 fully saturated rings. The van der Waals surface area contributed by atoms with Gasteiger partial charge in [0.2, 0.25) is 5.82 Å². The summed E-state index contributed by atoms with van der Waals surface area (Å²) < 4.78 is 16.2. The highest BCUT2D eigenvalue weighted by atomic mass is 16.5. The molecule has 0 unspecified atom stereocenters. The van der Waals surface area contributed by atoms with E-state index < -0.39 is 0 Å². The molecule has 1 aliphatic rings. The molecule has 0 aliphatic carbocycles. The smallest absolute Gasteiger partial charge is 0.258 e. The maximum Gasteiger partial charge on any atom is 0.258 e. The van der Waals surface area contributed by atoms with Crippen LogP contribution < -0.4 is 4.74 Å². The fraction of sp³-hybridized carbons (Fsp3) is 0.429. The zero-order valence-corrected chi connectivity index (χ0v) is 11.0. The second kappa shape index (κ2) is 5.01. The van der Waals surface area contributed by atoms with Crippen molar-refractivity contribution in [3.8, 4) is 17.2 Å². The zero-order valence-electron chi connectivity index (χ0n) is 11.0. The molecule has 0 spiro atoms. The van der Waals surface area contributed by atoms with E-state index in [-0.39, 0.29) is 6.10 Å². The molecule has 19 heavy (non-hydrogen) atoms. The van der Waals surface area contributed by atoms with Crippen LogP contribution in [0.1, 0.15) is 31.3 Å². The molecule has 0 bridgehead atoms. The van der Waals surface area contributed by atoms with E-state index in [0.717, 1.165) is 24.3 Å². The Morgan fingerprint density at radius 2 is 2.32 bits per heavy atom. The van der Waals surface area contributed by atoms with Crippen LogP contribution in [-0.4, -0.2) is 23.4 Å². The minimum Gasteiger partial charge on any atom is -0.493 e. The van der Waals surface area contributed by atoms with Gasteiger partial charge in [0, 0.05) is 18.6 Å². The third-order valence-corrected chi connectivity index (χ3v) is 3.16. The Hall–Kier alpha value is -1.88. The lowest BCUT2D eigenvalue weighted by molar-refractivity contribution is 0.0683. The quantitative estimate of drug-likeness (QED) is 0.846. The Balaban J connectivity index is 1.86. The lowest BCUT2D eigenvalue weighted by Gasteiger charge is -2.04. The molecule has 5 nitrogen and oxygen atoms in total. The molecule has 1 aromatic carbocycles. The first-order chi connectivity index (χ1) is 9.28. The number of rotatable bonds is 4. The first kappa shape index (κ1) is 12.2. The second-order valence-electron chi connectivity index (χ2n) is 4.48. The Kier molecular flexibility index (Phi) is 3.21. The SMILES string of the molecule is CCO[C@@H](C)c1noc(-c2ccc3c(c2)CCO3)n1. The maximum absolute atomic E-state index is 5.48. The van der Waals surface area contributed by atoms with E-state index in [1.165, 1.54) is 5.56 Å². The molecule has 1 atom stereocenters. The molecule has 0 amide bonds. The van der Waals surface area contributed by atoms with Crippen LogP contribution >= 0.6 is 0 Å². The van der Waals surface area contributed by atoms with Crippen LogP contribution in [0.3, 0.4) is 0 Å². The highest BCUT2D eigenvalue weighted by Gasteiger charge is 2.17. The number of ether oxygens (including phenoxy) is 2. The minimum absolute atomic E-state index is 0.153. The average Bonchev–Trinajstić information content (AvgIpc) is 3.07. The molecular formula is C14H16N2O3. The van der Waals surface area contributed by atoms with E-state index in [1.54, 1.807) is 0 Å². The van der Waals surface area contributed by atoms with Gasteiger partial charge in [-0.05, 0) is 37.6 Å². The summed E-state index contributed by atoms with van der Waals surface area (Å²) >= 11 is 0. The van der Waals surface area contributed by atoms with E-state index in [1.807, 2.05) is 32.0 Å².